The molecule has 0 unspecified atom stereocenters. The number of benzene rings is 3. The van der Waals surface area contributed by atoms with Crippen LogP contribution in [0.25, 0.3) is 6.08 Å². The number of Topliss-reactive ketones (excluding diaryl/α,β-unsaturated/α-hetero) is 1. The summed E-state index contributed by atoms with van der Waals surface area (Å²) in [6.07, 6.45) is 1.90. The zero-order valence-electron chi connectivity index (χ0n) is 17.7. The average Bonchev–Trinajstić information content (AvgIpc) is 2.86. The van der Waals surface area contributed by atoms with Crippen molar-refractivity contribution in [2.75, 3.05) is 7.11 Å². The molecule has 0 N–H and O–H groups in total. The number of methoxy groups -OCH3 is 1. The summed E-state index contributed by atoms with van der Waals surface area (Å²) in [6.45, 7) is 0. The predicted octanol–water partition coefficient (Wildman–Crippen LogP) is 5.65. The second-order valence-corrected chi connectivity index (χ2v) is 7.87. The van der Waals surface area contributed by atoms with Crippen molar-refractivity contribution in [2.45, 2.75) is 18.3 Å². The number of hydrogen-bond donors (Lipinski definition) is 0. The highest BCUT2D eigenvalue weighted by Gasteiger charge is 2.55. The first-order valence-electron chi connectivity index (χ1n) is 10.4. The van der Waals surface area contributed by atoms with Gasteiger partial charge in [-0.25, -0.2) is 0 Å². The van der Waals surface area contributed by atoms with Gasteiger partial charge in [-0.2, -0.15) is 10.5 Å². The van der Waals surface area contributed by atoms with Crippen molar-refractivity contribution in [3.05, 3.63) is 107 Å². The van der Waals surface area contributed by atoms with Crippen LogP contribution in [-0.4, -0.2) is 12.9 Å². The molecule has 3 aromatic carbocycles. The van der Waals surface area contributed by atoms with E-state index < -0.39 is 17.3 Å². The lowest BCUT2D eigenvalue weighted by Crippen LogP contribution is -2.41. The second-order valence-electron chi connectivity index (χ2n) is 7.87. The summed E-state index contributed by atoms with van der Waals surface area (Å²) >= 11 is 0. The maximum atomic E-state index is 13.6. The highest BCUT2D eigenvalue weighted by atomic mass is 16.5. The zero-order valence-corrected chi connectivity index (χ0v) is 17.7. The van der Waals surface area contributed by atoms with Crippen molar-refractivity contribution in [2.24, 2.45) is 5.41 Å². The van der Waals surface area contributed by atoms with E-state index >= 15 is 0 Å². The van der Waals surface area contributed by atoms with Crippen molar-refractivity contribution < 1.29 is 9.53 Å². The van der Waals surface area contributed by atoms with Gasteiger partial charge in [0.15, 0.2) is 11.2 Å². The fourth-order valence-electron chi connectivity index (χ4n) is 4.66. The van der Waals surface area contributed by atoms with Crippen LogP contribution in [0.4, 0.5) is 0 Å². The maximum absolute atomic E-state index is 13.6. The molecule has 0 aromatic heterocycles. The van der Waals surface area contributed by atoms with Crippen molar-refractivity contribution in [3.8, 4) is 17.9 Å². The summed E-state index contributed by atoms with van der Waals surface area (Å²) in [5, 5.41) is 21.0. The van der Waals surface area contributed by atoms with Crippen molar-refractivity contribution in [1.29, 1.82) is 10.5 Å². The number of allylic oxidation sites excluding steroid dienone is 1. The van der Waals surface area contributed by atoms with E-state index in [9.17, 15) is 15.3 Å². The summed E-state index contributed by atoms with van der Waals surface area (Å²) in [6, 6.07) is 30.9. The Bertz CT molecular complexity index is 1220. The SMILES string of the molecule is COc1ccccc1[C@@H]1/C(=C\c2ccccc2)C(=O)C[C@@H](c2ccccc2)C1(C#N)C#N. The fraction of sp³-hybridized carbons (Fsp3) is 0.179. The van der Waals surface area contributed by atoms with E-state index in [0.29, 0.717) is 16.9 Å². The van der Waals surface area contributed by atoms with Crippen LogP contribution in [0.15, 0.2) is 90.5 Å². The summed E-state index contributed by atoms with van der Waals surface area (Å²) in [4.78, 5) is 13.6. The summed E-state index contributed by atoms with van der Waals surface area (Å²) in [5.74, 6) is -0.845. The first-order valence-corrected chi connectivity index (χ1v) is 10.4. The normalized spacial score (nSPS) is 20.8. The topological polar surface area (TPSA) is 73.9 Å². The molecule has 0 saturated heterocycles. The van der Waals surface area contributed by atoms with Crippen molar-refractivity contribution >= 4 is 11.9 Å². The molecule has 1 saturated carbocycles. The minimum atomic E-state index is -1.48. The monoisotopic (exact) mass is 418 g/mol. The van der Waals surface area contributed by atoms with Crippen molar-refractivity contribution in [1.82, 2.24) is 0 Å². The average molecular weight is 418 g/mol. The Labute approximate surface area is 188 Å². The Kier molecular flexibility index (Phi) is 5.88. The molecule has 3 aromatic rings. The van der Waals surface area contributed by atoms with Gasteiger partial charge >= 0.3 is 0 Å². The molecular weight excluding hydrogens is 396 g/mol. The van der Waals surface area contributed by atoms with E-state index in [2.05, 4.69) is 12.1 Å². The summed E-state index contributed by atoms with van der Waals surface area (Å²) in [7, 11) is 1.55. The van der Waals surface area contributed by atoms with Gasteiger partial charge in [0.2, 0.25) is 0 Å². The molecule has 4 heteroatoms. The molecule has 0 amide bonds. The lowest BCUT2D eigenvalue weighted by atomic mass is 9.55. The van der Waals surface area contributed by atoms with E-state index in [0.717, 1.165) is 11.1 Å². The van der Waals surface area contributed by atoms with Crippen LogP contribution < -0.4 is 4.74 Å². The lowest BCUT2D eigenvalue weighted by Gasteiger charge is -2.42. The third-order valence-corrected chi connectivity index (χ3v) is 6.17. The van der Waals surface area contributed by atoms with Crippen LogP contribution in [0, 0.1) is 28.1 Å². The molecule has 32 heavy (non-hydrogen) atoms. The molecule has 1 aliphatic carbocycles. The Morgan fingerprint density at radius 3 is 2.12 bits per heavy atom. The summed E-state index contributed by atoms with van der Waals surface area (Å²) < 4.78 is 5.60. The molecule has 156 valence electrons. The Morgan fingerprint density at radius 2 is 1.50 bits per heavy atom. The molecule has 0 heterocycles. The van der Waals surface area contributed by atoms with Gasteiger partial charge < -0.3 is 4.74 Å². The van der Waals surface area contributed by atoms with Gasteiger partial charge in [0.05, 0.1) is 19.2 Å². The third-order valence-electron chi connectivity index (χ3n) is 6.17. The largest absolute Gasteiger partial charge is 0.496 e. The quantitative estimate of drug-likeness (QED) is 0.513. The number of nitrogens with zero attached hydrogens (tertiary/aromatic N) is 2. The molecule has 2 atom stereocenters. The van der Waals surface area contributed by atoms with Crippen LogP contribution in [0.5, 0.6) is 5.75 Å². The van der Waals surface area contributed by atoms with E-state index in [4.69, 9.17) is 4.74 Å². The predicted molar refractivity (Wildman–Crippen MR) is 123 cm³/mol. The van der Waals surface area contributed by atoms with Gasteiger partial charge in [-0.05, 0) is 23.3 Å². The molecule has 4 rings (SSSR count). The zero-order chi connectivity index (χ0) is 22.6. The van der Waals surface area contributed by atoms with E-state index in [-0.39, 0.29) is 12.2 Å². The van der Waals surface area contributed by atoms with Crippen LogP contribution in [0.3, 0.4) is 0 Å². The molecule has 0 bridgehead atoms. The molecular formula is C28H22N2O2. The van der Waals surface area contributed by atoms with Crippen LogP contribution in [0.1, 0.15) is 34.9 Å². The number of ketones is 1. The van der Waals surface area contributed by atoms with Crippen LogP contribution >= 0.6 is 0 Å². The molecule has 0 aliphatic heterocycles. The number of carbonyl (C=O) groups is 1. The number of rotatable bonds is 4. The van der Waals surface area contributed by atoms with Gasteiger partial charge in [0, 0.05) is 29.4 Å². The van der Waals surface area contributed by atoms with E-state index in [1.807, 2.05) is 84.9 Å². The van der Waals surface area contributed by atoms with E-state index in [1.165, 1.54) is 0 Å². The lowest BCUT2D eigenvalue weighted by molar-refractivity contribution is -0.118. The van der Waals surface area contributed by atoms with Gasteiger partial charge in [-0.3, -0.25) is 4.79 Å². The number of hydrogen-bond acceptors (Lipinski definition) is 4. The first-order chi connectivity index (χ1) is 15.6. The highest BCUT2D eigenvalue weighted by Crippen LogP contribution is 2.57. The number of nitriles is 2. The third kappa shape index (κ3) is 3.57. The molecule has 1 fully saturated rings. The number of carbonyl (C=O) groups excluding carboxylic acids is 1. The molecule has 1 aliphatic rings. The van der Waals surface area contributed by atoms with Crippen LogP contribution in [0.2, 0.25) is 0 Å². The minimum absolute atomic E-state index is 0.0697. The van der Waals surface area contributed by atoms with Gasteiger partial charge in [-0.15, -0.1) is 0 Å². The van der Waals surface area contributed by atoms with Gasteiger partial charge in [0.25, 0.3) is 0 Å². The smallest absolute Gasteiger partial charge is 0.162 e. The Balaban J connectivity index is 2.01. The second kappa shape index (κ2) is 8.92. The van der Waals surface area contributed by atoms with Gasteiger partial charge in [-0.1, -0.05) is 78.9 Å². The number of ether oxygens (including phenoxy) is 1. The molecule has 4 nitrogen and oxygen atoms in total. The number of para-hydroxylation sites is 1. The summed E-state index contributed by atoms with van der Waals surface area (Å²) in [5.41, 5.74) is 1.29. The van der Waals surface area contributed by atoms with Gasteiger partial charge in [0.1, 0.15) is 5.75 Å². The van der Waals surface area contributed by atoms with E-state index in [1.54, 1.807) is 13.2 Å². The maximum Gasteiger partial charge on any atom is 0.162 e. The minimum Gasteiger partial charge on any atom is -0.496 e. The molecule has 0 spiro atoms. The Hall–Kier alpha value is -4.15. The highest BCUT2D eigenvalue weighted by molar-refractivity contribution is 6.03. The van der Waals surface area contributed by atoms with Crippen LogP contribution in [-0.2, 0) is 4.79 Å². The standard InChI is InChI=1S/C28H22N2O2/c1-32-26-15-9-8-14-22(26)27-23(16-20-10-4-2-5-11-20)25(31)17-24(28(27,18-29)19-30)21-12-6-3-7-13-21/h2-16,24,27H,17H2,1H3/b23-16-/t24-,27+/m0/s1. The van der Waals surface area contributed by atoms with Crippen molar-refractivity contribution in [3.63, 3.8) is 0 Å². The molecule has 0 radical (unpaired) electrons. The Morgan fingerprint density at radius 1 is 0.906 bits per heavy atom. The first kappa shape index (κ1) is 21.1. The fourth-order valence-corrected chi connectivity index (χ4v) is 4.66.